The van der Waals surface area contributed by atoms with E-state index in [4.69, 9.17) is 0 Å². The highest BCUT2D eigenvalue weighted by molar-refractivity contribution is 14.1. The first kappa shape index (κ1) is 14.6. The highest BCUT2D eigenvalue weighted by Gasteiger charge is 2.15. The molecule has 1 aliphatic rings. The van der Waals surface area contributed by atoms with Gasteiger partial charge in [-0.3, -0.25) is 0 Å². The Bertz CT molecular complexity index is 657. The predicted octanol–water partition coefficient (Wildman–Crippen LogP) is 3.56. The molecule has 0 saturated heterocycles. The zero-order valence-electron chi connectivity index (χ0n) is 12.4. The Morgan fingerprint density at radius 1 is 1.38 bits per heavy atom. The van der Waals surface area contributed by atoms with Crippen LogP contribution in [0.3, 0.4) is 0 Å². The Hall–Kier alpha value is -1.37. The van der Waals surface area contributed by atoms with Crippen molar-refractivity contribution in [3.05, 3.63) is 33.5 Å². The van der Waals surface area contributed by atoms with E-state index in [0.717, 1.165) is 40.3 Å². The van der Waals surface area contributed by atoms with Crippen LogP contribution >= 0.6 is 22.6 Å². The molecular formula is C16H19IN4. The Morgan fingerprint density at radius 2 is 2.24 bits per heavy atom. The lowest BCUT2D eigenvalue weighted by Crippen LogP contribution is -2.24. The fourth-order valence-corrected chi connectivity index (χ4v) is 3.17. The molecule has 0 unspecified atom stereocenters. The van der Waals surface area contributed by atoms with Crippen molar-refractivity contribution in [2.24, 2.45) is 0 Å². The van der Waals surface area contributed by atoms with E-state index >= 15 is 0 Å². The number of anilines is 2. The number of hydrogen-bond donors (Lipinski definition) is 1. The van der Waals surface area contributed by atoms with E-state index in [-0.39, 0.29) is 0 Å². The molecule has 110 valence electrons. The number of nitrogens with one attached hydrogen (secondary N) is 1. The SMILES string of the molecule is CCNc1nc(-c2ccc3c(c2)CCCN3C)ncc1I. The average molecular weight is 394 g/mol. The minimum Gasteiger partial charge on any atom is -0.374 e. The second kappa shape index (κ2) is 6.17. The van der Waals surface area contributed by atoms with E-state index in [1.165, 1.54) is 17.7 Å². The van der Waals surface area contributed by atoms with E-state index < -0.39 is 0 Å². The molecule has 5 heteroatoms. The first-order valence-electron chi connectivity index (χ1n) is 7.30. The summed E-state index contributed by atoms with van der Waals surface area (Å²) in [5.74, 6) is 1.71. The number of aromatic nitrogens is 2. The van der Waals surface area contributed by atoms with E-state index in [1.54, 1.807) is 0 Å². The van der Waals surface area contributed by atoms with Crippen molar-refractivity contribution in [2.75, 3.05) is 30.4 Å². The van der Waals surface area contributed by atoms with Gasteiger partial charge in [-0.2, -0.15) is 0 Å². The Morgan fingerprint density at radius 3 is 3.05 bits per heavy atom. The number of fused-ring (bicyclic) bond motifs is 1. The van der Waals surface area contributed by atoms with Crippen LogP contribution in [0.1, 0.15) is 18.9 Å². The van der Waals surface area contributed by atoms with Crippen LogP contribution in [0.15, 0.2) is 24.4 Å². The summed E-state index contributed by atoms with van der Waals surface area (Å²) in [5, 5.41) is 3.29. The largest absolute Gasteiger partial charge is 0.374 e. The molecule has 0 saturated carbocycles. The molecule has 1 aromatic heterocycles. The highest BCUT2D eigenvalue weighted by atomic mass is 127. The predicted molar refractivity (Wildman–Crippen MR) is 95.9 cm³/mol. The van der Waals surface area contributed by atoms with E-state index in [0.29, 0.717) is 0 Å². The van der Waals surface area contributed by atoms with Crippen molar-refractivity contribution in [3.8, 4) is 11.4 Å². The van der Waals surface area contributed by atoms with Gasteiger partial charge in [0.25, 0.3) is 0 Å². The van der Waals surface area contributed by atoms with Crippen molar-refractivity contribution in [3.63, 3.8) is 0 Å². The van der Waals surface area contributed by atoms with Crippen LogP contribution in [-0.4, -0.2) is 30.1 Å². The van der Waals surface area contributed by atoms with Crippen molar-refractivity contribution in [1.82, 2.24) is 9.97 Å². The van der Waals surface area contributed by atoms with Crippen LogP contribution in [-0.2, 0) is 6.42 Å². The van der Waals surface area contributed by atoms with Crippen LogP contribution in [0.5, 0.6) is 0 Å². The van der Waals surface area contributed by atoms with E-state index in [1.807, 2.05) is 6.20 Å². The molecule has 0 spiro atoms. The monoisotopic (exact) mass is 394 g/mol. The van der Waals surface area contributed by atoms with Crippen LogP contribution in [0, 0.1) is 3.57 Å². The van der Waals surface area contributed by atoms with Gasteiger partial charge < -0.3 is 10.2 Å². The normalized spacial score (nSPS) is 14.0. The second-order valence-corrected chi connectivity index (χ2v) is 6.45. The van der Waals surface area contributed by atoms with Gasteiger partial charge in [0.2, 0.25) is 0 Å². The number of nitrogens with zero attached hydrogens (tertiary/aromatic N) is 3. The van der Waals surface area contributed by atoms with Gasteiger partial charge in [-0.25, -0.2) is 9.97 Å². The lowest BCUT2D eigenvalue weighted by Gasteiger charge is -2.27. The molecule has 21 heavy (non-hydrogen) atoms. The van der Waals surface area contributed by atoms with Gasteiger partial charge in [-0.1, -0.05) is 0 Å². The van der Waals surface area contributed by atoms with Crippen molar-refractivity contribution in [2.45, 2.75) is 19.8 Å². The molecule has 1 aliphatic heterocycles. The summed E-state index contributed by atoms with van der Waals surface area (Å²) >= 11 is 2.26. The summed E-state index contributed by atoms with van der Waals surface area (Å²) in [4.78, 5) is 11.5. The standard InChI is InChI=1S/C16H19IN4/c1-3-18-16-13(17)10-19-15(20-16)12-6-7-14-11(9-12)5-4-8-21(14)2/h6-7,9-10H,3-5,8H2,1-2H3,(H,18,19,20). The first-order valence-corrected chi connectivity index (χ1v) is 8.37. The number of rotatable bonds is 3. The minimum atomic E-state index is 0.794. The maximum atomic E-state index is 4.66. The summed E-state index contributed by atoms with van der Waals surface area (Å²) in [6, 6.07) is 6.56. The molecule has 4 nitrogen and oxygen atoms in total. The van der Waals surface area contributed by atoms with Crippen molar-refractivity contribution in [1.29, 1.82) is 0 Å². The Balaban J connectivity index is 1.99. The molecule has 0 atom stereocenters. The van der Waals surface area contributed by atoms with Gasteiger partial charge >= 0.3 is 0 Å². The molecule has 0 aliphatic carbocycles. The van der Waals surface area contributed by atoms with Crippen LogP contribution in [0.2, 0.25) is 0 Å². The summed E-state index contributed by atoms with van der Waals surface area (Å²) in [6.07, 6.45) is 4.23. The topological polar surface area (TPSA) is 41.1 Å². The zero-order chi connectivity index (χ0) is 14.8. The lowest BCUT2D eigenvalue weighted by atomic mass is 9.99. The molecule has 0 radical (unpaired) electrons. The number of benzene rings is 1. The summed E-state index contributed by atoms with van der Waals surface area (Å²) < 4.78 is 1.05. The maximum Gasteiger partial charge on any atom is 0.161 e. The molecule has 0 amide bonds. The molecule has 2 aromatic rings. The number of aryl methyl sites for hydroxylation is 1. The Kier molecular flexibility index (Phi) is 4.28. The quantitative estimate of drug-likeness (QED) is 0.809. The third kappa shape index (κ3) is 2.97. The fourth-order valence-electron chi connectivity index (χ4n) is 2.72. The summed E-state index contributed by atoms with van der Waals surface area (Å²) in [7, 11) is 2.16. The summed E-state index contributed by atoms with van der Waals surface area (Å²) in [5.41, 5.74) is 3.83. The molecule has 3 rings (SSSR count). The third-order valence-corrected chi connectivity index (χ3v) is 4.57. The number of halogens is 1. The van der Waals surface area contributed by atoms with Gasteiger partial charge in [-0.15, -0.1) is 0 Å². The van der Waals surface area contributed by atoms with Gasteiger partial charge in [-0.05, 0) is 66.1 Å². The molecule has 0 fully saturated rings. The molecular weight excluding hydrogens is 375 g/mol. The van der Waals surface area contributed by atoms with Crippen LogP contribution in [0.4, 0.5) is 11.5 Å². The summed E-state index contributed by atoms with van der Waals surface area (Å²) in [6.45, 7) is 4.07. The molecule has 0 bridgehead atoms. The molecule has 1 N–H and O–H groups in total. The second-order valence-electron chi connectivity index (χ2n) is 5.29. The lowest BCUT2D eigenvalue weighted by molar-refractivity contribution is 0.744. The molecule has 1 aromatic carbocycles. The van der Waals surface area contributed by atoms with Gasteiger partial charge in [0.05, 0.1) is 3.57 Å². The van der Waals surface area contributed by atoms with E-state index in [2.05, 4.69) is 74.9 Å². The smallest absolute Gasteiger partial charge is 0.161 e. The fraction of sp³-hybridized carbons (Fsp3) is 0.375. The third-order valence-electron chi connectivity index (χ3n) is 3.78. The zero-order valence-corrected chi connectivity index (χ0v) is 14.5. The first-order chi connectivity index (χ1) is 10.2. The maximum absolute atomic E-state index is 4.66. The van der Waals surface area contributed by atoms with Gasteiger partial charge in [0, 0.05) is 37.6 Å². The minimum absolute atomic E-state index is 0.794. The van der Waals surface area contributed by atoms with Crippen molar-refractivity contribution < 1.29 is 0 Å². The van der Waals surface area contributed by atoms with Crippen molar-refractivity contribution >= 4 is 34.1 Å². The number of hydrogen-bond acceptors (Lipinski definition) is 4. The van der Waals surface area contributed by atoms with Gasteiger partial charge in [0.1, 0.15) is 5.82 Å². The van der Waals surface area contributed by atoms with Gasteiger partial charge in [0.15, 0.2) is 5.82 Å². The van der Waals surface area contributed by atoms with Crippen LogP contribution in [0.25, 0.3) is 11.4 Å². The highest BCUT2D eigenvalue weighted by Crippen LogP contribution is 2.30. The van der Waals surface area contributed by atoms with E-state index in [9.17, 15) is 0 Å². The molecule has 2 heterocycles. The Labute approximate surface area is 139 Å². The average Bonchev–Trinajstić information content (AvgIpc) is 2.50. The van der Waals surface area contributed by atoms with Crippen LogP contribution < -0.4 is 10.2 Å².